The van der Waals surface area contributed by atoms with Gasteiger partial charge in [0.25, 0.3) is 0 Å². The van der Waals surface area contributed by atoms with Gasteiger partial charge in [-0.2, -0.15) is 25.3 Å². The number of carbonyl (C=O) groups excluding carboxylic acids is 2. The number of carbonyl (C=O) groups is 2. The molecule has 88 valence electrons. The lowest BCUT2D eigenvalue weighted by atomic mass is 9.81. The molecule has 0 aromatic heterocycles. The number of primary amides is 1. The highest BCUT2D eigenvalue weighted by molar-refractivity contribution is 7.80. The zero-order valence-corrected chi connectivity index (χ0v) is 10.8. The summed E-state index contributed by atoms with van der Waals surface area (Å²) in [5, 5.41) is 0. The Kier molecular flexibility index (Phi) is 5.16. The first kappa shape index (κ1) is 14.8. The third-order valence-corrected chi connectivity index (χ3v) is 3.81. The van der Waals surface area contributed by atoms with Crippen molar-refractivity contribution in [2.75, 3.05) is 11.5 Å². The second-order valence-electron chi connectivity index (χ2n) is 4.26. The molecule has 0 fully saturated rings. The summed E-state index contributed by atoms with van der Waals surface area (Å²) < 4.78 is 0. The third kappa shape index (κ3) is 3.70. The summed E-state index contributed by atoms with van der Waals surface area (Å²) in [5.74, 6) is -0.321. The molecule has 0 heterocycles. The fourth-order valence-electron chi connectivity index (χ4n) is 0.865. The van der Waals surface area contributed by atoms with E-state index in [-0.39, 0.29) is 23.7 Å². The smallest absolute Gasteiger partial charge is 0.224 e. The lowest BCUT2D eigenvalue weighted by Gasteiger charge is -2.28. The minimum atomic E-state index is -1.03. The number of Topliss-reactive ketones (excluding diaryl/α,β-unsaturated/α-hetero) is 1. The molecule has 15 heavy (non-hydrogen) atoms. The van der Waals surface area contributed by atoms with Gasteiger partial charge in [0.2, 0.25) is 5.91 Å². The van der Waals surface area contributed by atoms with Gasteiger partial charge in [0.1, 0.15) is 0 Å². The van der Waals surface area contributed by atoms with E-state index in [9.17, 15) is 9.59 Å². The molecule has 0 aliphatic carbocycles. The average molecular weight is 250 g/mol. The van der Waals surface area contributed by atoms with Crippen molar-refractivity contribution in [1.82, 2.24) is 0 Å². The molecule has 0 aromatic rings. The van der Waals surface area contributed by atoms with Crippen molar-refractivity contribution in [3.05, 3.63) is 0 Å². The fraction of sp³-hybridized carbons (Fsp3) is 0.778. The minimum Gasteiger partial charge on any atom is -0.369 e. The third-order valence-electron chi connectivity index (χ3n) is 2.46. The summed E-state index contributed by atoms with van der Waals surface area (Å²) in [5.41, 5.74) is 8.97. The van der Waals surface area contributed by atoms with Gasteiger partial charge in [-0.3, -0.25) is 9.59 Å². The van der Waals surface area contributed by atoms with Crippen LogP contribution in [0, 0.1) is 5.41 Å². The second-order valence-corrected chi connectivity index (χ2v) is 4.89. The Morgan fingerprint density at radius 3 is 1.93 bits per heavy atom. The summed E-state index contributed by atoms with van der Waals surface area (Å²) >= 11 is 8.02. The van der Waals surface area contributed by atoms with E-state index in [1.54, 1.807) is 13.8 Å². The maximum atomic E-state index is 11.8. The standard InChI is InChI=1S/C9H18N2O2S2/c1-8(4-14,7(10)13)3-6(12)9(2,11)5-15/h14-15H,3-5,11H2,1-2H3,(H2,10,13)/t8-,9+/m0/s1. The first-order chi connectivity index (χ1) is 6.69. The quantitative estimate of drug-likeness (QED) is 0.501. The molecule has 4 nitrogen and oxygen atoms in total. The van der Waals surface area contributed by atoms with Gasteiger partial charge in [-0.25, -0.2) is 0 Å². The SMILES string of the molecule is C[C@@](CS)(CC(=O)[C@](C)(N)CS)C(N)=O. The normalized spacial score (nSPS) is 19.0. The van der Waals surface area contributed by atoms with E-state index in [4.69, 9.17) is 11.5 Å². The molecule has 0 saturated heterocycles. The number of rotatable bonds is 6. The molecule has 0 unspecified atom stereocenters. The van der Waals surface area contributed by atoms with Crippen LogP contribution in [0.3, 0.4) is 0 Å². The molecular weight excluding hydrogens is 232 g/mol. The molecule has 0 aromatic carbocycles. The zero-order chi connectivity index (χ0) is 12.3. The number of ketones is 1. The number of amides is 1. The predicted molar refractivity (Wildman–Crippen MR) is 67.2 cm³/mol. The maximum Gasteiger partial charge on any atom is 0.224 e. The van der Waals surface area contributed by atoms with E-state index in [2.05, 4.69) is 25.3 Å². The van der Waals surface area contributed by atoms with E-state index < -0.39 is 16.9 Å². The summed E-state index contributed by atoms with van der Waals surface area (Å²) in [7, 11) is 0. The molecule has 0 aliphatic heterocycles. The Hall–Kier alpha value is -0.200. The molecule has 0 saturated carbocycles. The number of thiol groups is 2. The Morgan fingerprint density at radius 2 is 1.67 bits per heavy atom. The van der Waals surface area contributed by atoms with Crippen LogP contribution in [-0.2, 0) is 9.59 Å². The maximum absolute atomic E-state index is 11.8. The van der Waals surface area contributed by atoms with Gasteiger partial charge in [-0.05, 0) is 13.8 Å². The van der Waals surface area contributed by atoms with E-state index in [0.717, 1.165) is 0 Å². The lowest BCUT2D eigenvalue weighted by molar-refractivity contribution is -0.133. The highest BCUT2D eigenvalue weighted by atomic mass is 32.1. The Bertz CT molecular complexity index is 269. The van der Waals surface area contributed by atoms with Crippen LogP contribution >= 0.6 is 25.3 Å². The van der Waals surface area contributed by atoms with E-state index in [0.29, 0.717) is 0 Å². The number of hydrogen-bond donors (Lipinski definition) is 4. The number of nitrogens with two attached hydrogens (primary N) is 2. The van der Waals surface area contributed by atoms with Gasteiger partial charge in [0, 0.05) is 17.9 Å². The van der Waals surface area contributed by atoms with E-state index in [1.807, 2.05) is 0 Å². The molecule has 4 N–H and O–H groups in total. The van der Waals surface area contributed by atoms with Crippen LogP contribution in [0.25, 0.3) is 0 Å². The summed E-state index contributed by atoms with van der Waals surface area (Å²) in [4.78, 5) is 22.9. The largest absolute Gasteiger partial charge is 0.369 e. The number of hydrogen-bond acceptors (Lipinski definition) is 5. The van der Waals surface area contributed by atoms with Gasteiger partial charge < -0.3 is 11.5 Å². The van der Waals surface area contributed by atoms with Crippen molar-refractivity contribution in [2.24, 2.45) is 16.9 Å². The molecule has 0 rings (SSSR count). The molecule has 0 spiro atoms. The van der Waals surface area contributed by atoms with Gasteiger partial charge in [0.15, 0.2) is 5.78 Å². The minimum absolute atomic E-state index is 0.000602. The van der Waals surface area contributed by atoms with Crippen molar-refractivity contribution in [3.63, 3.8) is 0 Å². The van der Waals surface area contributed by atoms with Crippen molar-refractivity contribution in [1.29, 1.82) is 0 Å². The van der Waals surface area contributed by atoms with Gasteiger partial charge in [-0.15, -0.1) is 0 Å². The predicted octanol–water partition coefficient (Wildman–Crippen LogP) is 0.0142. The van der Waals surface area contributed by atoms with Crippen LogP contribution in [0.15, 0.2) is 0 Å². The molecule has 1 amide bonds. The highest BCUT2D eigenvalue weighted by Crippen LogP contribution is 2.25. The Balaban J connectivity index is 4.72. The van der Waals surface area contributed by atoms with E-state index in [1.165, 1.54) is 0 Å². The Labute approximate surface area is 101 Å². The topological polar surface area (TPSA) is 86.2 Å². The molecular formula is C9H18N2O2S2. The highest BCUT2D eigenvalue weighted by Gasteiger charge is 2.37. The average Bonchev–Trinajstić information content (AvgIpc) is 2.17. The van der Waals surface area contributed by atoms with Crippen LogP contribution in [0.1, 0.15) is 20.3 Å². The molecule has 0 aliphatic rings. The summed E-state index contributed by atoms with van der Waals surface area (Å²) in [6.45, 7) is 3.19. The van der Waals surface area contributed by atoms with Crippen LogP contribution in [0.2, 0.25) is 0 Å². The van der Waals surface area contributed by atoms with Crippen molar-refractivity contribution in [2.45, 2.75) is 25.8 Å². The van der Waals surface area contributed by atoms with Gasteiger partial charge >= 0.3 is 0 Å². The van der Waals surface area contributed by atoms with Crippen LogP contribution in [-0.4, -0.2) is 28.7 Å². The van der Waals surface area contributed by atoms with E-state index >= 15 is 0 Å². The first-order valence-corrected chi connectivity index (χ1v) is 5.80. The van der Waals surface area contributed by atoms with Crippen LogP contribution in [0.4, 0.5) is 0 Å². The second kappa shape index (κ2) is 5.23. The first-order valence-electron chi connectivity index (χ1n) is 4.53. The fourth-order valence-corrected chi connectivity index (χ4v) is 1.31. The Morgan fingerprint density at radius 1 is 1.20 bits per heavy atom. The van der Waals surface area contributed by atoms with Gasteiger partial charge in [-0.1, -0.05) is 0 Å². The monoisotopic (exact) mass is 250 g/mol. The molecule has 2 atom stereocenters. The van der Waals surface area contributed by atoms with Crippen LogP contribution in [0.5, 0.6) is 0 Å². The molecule has 0 bridgehead atoms. The van der Waals surface area contributed by atoms with Gasteiger partial charge in [0.05, 0.1) is 11.0 Å². The molecule has 0 radical (unpaired) electrons. The lowest BCUT2D eigenvalue weighted by Crippen LogP contribution is -2.50. The molecule has 6 heteroatoms. The summed E-state index contributed by atoms with van der Waals surface area (Å²) in [6.07, 6.45) is -0.000602. The summed E-state index contributed by atoms with van der Waals surface area (Å²) in [6, 6.07) is 0. The van der Waals surface area contributed by atoms with Crippen molar-refractivity contribution in [3.8, 4) is 0 Å². The van der Waals surface area contributed by atoms with Crippen molar-refractivity contribution < 1.29 is 9.59 Å². The van der Waals surface area contributed by atoms with Crippen molar-refractivity contribution >= 4 is 36.9 Å². The van der Waals surface area contributed by atoms with Crippen LogP contribution < -0.4 is 11.5 Å². The zero-order valence-electron chi connectivity index (χ0n) is 8.99.